The minimum Gasteiger partial charge on any atom is -0.0928 e. The molecule has 0 nitrogen and oxygen atoms in total. The van der Waals surface area contributed by atoms with Crippen LogP contribution in [0.15, 0.2) is 0 Å². The van der Waals surface area contributed by atoms with Gasteiger partial charge in [0.05, 0.1) is 0 Å². The molecule has 0 N–H and O–H groups in total. The Hall–Kier alpha value is 0.480. The van der Waals surface area contributed by atoms with Gasteiger partial charge in [-0.2, -0.15) is 0 Å². The van der Waals surface area contributed by atoms with E-state index in [2.05, 4.69) is 36.7 Å². The maximum absolute atomic E-state index is 3.47. The second-order valence-electron chi connectivity index (χ2n) is 5.47. The number of hydrogen-bond acceptors (Lipinski definition) is 0. The fourth-order valence-corrected chi connectivity index (χ4v) is 2.03. The third-order valence-electron chi connectivity index (χ3n) is 2.56. The van der Waals surface area contributed by atoms with Crippen molar-refractivity contribution in [2.24, 2.45) is 5.41 Å². The predicted octanol–water partition coefficient (Wildman–Crippen LogP) is 5.55. The van der Waals surface area contributed by atoms with Crippen LogP contribution >= 0.6 is 15.9 Å². The van der Waals surface area contributed by atoms with E-state index >= 15 is 0 Å². The van der Waals surface area contributed by atoms with Crippen molar-refractivity contribution in [1.82, 2.24) is 0 Å². The third kappa shape index (κ3) is 12.5. The predicted molar refractivity (Wildman–Crippen MR) is 70.2 cm³/mol. The lowest BCUT2D eigenvalue weighted by molar-refractivity contribution is 0.356. The molecule has 0 bridgehead atoms. The lowest BCUT2D eigenvalue weighted by atomic mass is 9.89. The highest BCUT2D eigenvalue weighted by molar-refractivity contribution is 9.09. The van der Waals surface area contributed by atoms with Crippen LogP contribution in [-0.4, -0.2) is 5.33 Å². The van der Waals surface area contributed by atoms with E-state index in [1.807, 2.05) is 0 Å². The number of unbranched alkanes of at least 4 members (excludes halogenated alkanes) is 6. The quantitative estimate of drug-likeness (QED) is 0.398. The molecule has 0 aliphatic carbocycles. The molecule has 0 heterocycles. The normalized spacial score (nSPS) is 12.0. The molecule has 0 radical (unpaired) electrons. The van der Waals surface area contributed by atoms with Crippen LogP contribution in [-0.2, 0) is 0 Å². The second-order valence-corrected chi connectivity index (χ2v) is 6.27. The molecule has 0 unspecified atom stereocenters. The van der Waals surface area contributed by atoms with Crippen LogP contribution in [0, 0.1) is 5.41 Å². The summed E-state index contributed by atoms with van der Waals surface area (Å²) in [6, 6.07) is 0. The summed E-state index contributed by atoms with van der Waals surface area (Å²) in [5.74, 6) is 0. The second kappa shape index (κ2) is 8.76. The molecule has 0 aromatic carbocycles. The van der Waals surface area contributed by atoms with Crippen LogP contribution in [0.3, 0.4) is 0 Å². The van der Waals surface area contributed by atoms with Crippen molar-refractivity contribution in [3.05, 3.63) is 0 Å². The summed E-state index contributed by atoms with van der Waals surface area (Å²) in [4.78, 5) is 0. The first kappa shape index (κ1) is 14.5. The Morgan fingerprint density at radius 2 is 1.14 bits per heavy atom. The number of hydrogen-bond donors (Lipinski definition) is 0. The maximum Gasteiger partial charge on any atom is 0.00313 e. The van der Waals surface area contributed by atoms with Crippen molar-refractivity contribution >= 4 is 15.9 Å². The van der Waals surface area contributed by atoms with E-state index in [0.717, 1.165) is 0 Å². The van der Waals surface area contributed by atoms with Crippen LogP contribution in [0.1, 0.15) is 72.1 Å². The molecule has 0 atom stereocenters. The zero-order valence-electron chi connectivity index (χ0n) is 10.2. The van der Waals surface area contributed by atoms with Gasteiger partial charge in [0.25, 0.3) is 0 Å². The van der Waals surface area contributed by atoms with Crippen molar-refractivity contribution in [2.75, 3.05) is 5.33 Å². The summed E-state index contributed by atoms with van der Waals surface area (Å²) < 4.78 is 0. The van der Waals surface area contributed by atoms with Crippen LogP contribution in [0.2, 0.25) is 0 Å². The summed E-state index contributed by atoms with van der Waals surface area (Å²) in [6.07, 6.45) is 11.3. The van der Waals surface area contributed by atoms with Gasteiger partial charge >= 0.3 is 0 Å². The van der Waals surface area contributed by atoms with Gasteiger partial charge in [0, 0.05) is 5.33 Å². The molecule has 0 fully saturated rings. The fraction of sp³-hybridized carbons (Fsp3) is 1.00. The molecule has 0 spiro atoms. The van der Waals surface area contributed by atoms with E-state index in [9.17, 15) is 0 Å². The molecule has 0 aliphatic heterocycles. The van der Waals surface area contributed by atoms with E-state index in [1.165, 1.54) is 56.7 Å². The van der Waals surface area contributed by atoms with Crippen molar-refractivity contribution < 1.29 is 0 Å². The number of alkyl halides is 1. The van der Waals surface area contributed by atoms with Gasteiger partial charge < -0.3 is 0 Å². The van der Waals surface area contributed by atoms with Crippen LogP contribution in [0.25, 0.3) is 0 Å². The Balaban J connectivity index is 2.99. The van der Waals surface area contributed by atoms with E-state index in [1.54, 1.807) is 0 Å². The highest BCUT2D eigenvalue weighted by Gasteiger charge is 2.08. The lowest BCUT2D eigenvalue weighted by Crippen LogP contribution is -2.03. The standard InChI is InChI=1S/C13H27Br/c1-13(2,3)11-9-7-5-4-6-8-10-12-14/h4-12H2,1-3H3. The van der Waals surface area contributed by atoms with Crippen molar-refractivity contribution in [2.45, 2.75) is 72.1 Å². The molecule has 1 heteroatoms. The third-order valence-corrected chi connectivity index (χ3v) is 3.12. The van der Waals surface area contributed by atoms with Crippen LogP contribution < -0.4 is 0 Å². The summed E-state index contributed by atoms with van der Waals surface area (Å²) >= 11 is 3.47. The maximum atomic E-state index is 3.47. The average Bonchev–Trinajstić information content (AvgIpc) is 2.08. The zero-order valence-corrected chi connectivity index (χ0v) is 11.8. The van der Waals surface area contributed by atoms with Gasteiger partial charge in [-0.15, -0.1) is 0 Å². The van der Waals surface area contributed by atoms with Gasteiger partial charge in [0.1, 0.15) is 0 Å². The summed E-state index contributed by atoms with van der Waals surface area (Å²) in [6.45, 7) is 7.01. The molecule has 0 aliphatic rings. The minimum atomic E-state index is 0.538. The lowest BCUT2D eigenvalue weighted by Gasteiger charge is -2.17. The summed E-state index contributed by atoms with van der Waals surface area (Å²) in [5.41, 5.74) is 0.538. The van der Waals surface area contributed by atoms with E-state index in [4.69, 9.17) is 0 Å². The molecular weight excluding hydrogens is 236 g/mol. The first-order chi connectivity index (χ1) is 6.56. The van der Waals surface area contributed by atoms with Crippen LogP contribution in [0.4, 0.5) is 0 Å². The van der Waals surface area contributed by atoms with Gasteiger partial charge in [-0.3, -0.25) is 0 Å². The van der Waals surface area contributed by atoms with E-state index < -0.39 is 0 Å². The Labute approximate surface area is 99.0 Å². The van der Waals surface area contributed by atoms with Crippen LogP contribution in [0.5, 0.6) is 0 Å². The highest BCUT2D eigenvalue weighted by atomic mass is 79.9. The highest BCUT2D eigenvalue weighted by Crippen LogP contribution is 2.22. The summed E-state index contributed by atoms with van der Waals surface area (Å²) in [7, 11) is 0. The van der Waals surface area contributed by atoms with Gasteiger partial charge in [-0.25, -0.2) is 0 Å². The van der Waals surface area contributed by atoms with Gasteiger partial charge in [-0.1, -0.05) is 75.2 Å². The monoisotopic (exact) mass is 262 g/mol. The van der Waals surface area contributed by atoms with Crippen molar-refractivity contribution in [3.63, 3.8) is 0 Å². The minimum absolute atomic E-state index is 0.538. The Kier molecular flexibility index (Phi) is 9.06. The van der Waals surface area contributed by atoms with E-state index in [-0.39, 0.29) is 0 Å². The van der Waals surface area contributed by atoms with Gasteiger partial charge in [0.15, 0.2) is 0 Å². The smallest absolute Gasteiger partial charge is 0.00313 e. The Morgan fingerprint density at radius 1 is 0.714 bits per heavy atom. The molecule has 0 rings (SSSR count). The van der Waals surface area contributed by atoms with Gasteiger partial charge in [-0.05, 0) is 18.3 Å². The fourth-order valence-electron chi connectivity index (χ4n) is 1.63. The number of rotatable bonds is 8. The van der Waals surface area contributed by atoms with E-state index in [0.29, 0.717) is 5.41 Å². The average molecular weight is 263 g/mol. The largest absolute Gasteiger partial charge is 0.0928 e. The Bertz CT molecular complexity index is 113. The topological polar surface area (TPSA) is 0 Å². The molecule has 0 saturated carbocycles. The molecule has 0 saturated heterocycles. The molecule has 14 heavy (non-hydrogen) atoms. The molecule has 0 amide bonds. The Morgan fingerprint density at radius 3 is 1.57 bits per heavy atom. The molecule has 86 valence electrons. The summed E-state index contributed by atoms with van der Waals surface area (Å²) in [5, 5.41) is 1.18. The molecular formula is C13H27Br. The SMILES string of the molecule is CC(C)(C)CCCCCCCCCBr. The van der Waals surface area contributed by atoms with Gasteiger partial charge in [0.2, 0.25) is 0 Å². The van der Waals surface area contributed by atoms with Crippen molar-refractivity contribution in [1.29, 1.82) is 0 Å². The molecule has 0 aromatic heterocycles. The first-order valence-corrected chi connectivity index (χ1v) is 7.24. The number of halogens is 1. The zero-order chi connectivity index (χ0) is 10.9. The molecule has 0 aromatic rings. The van der Waals surface area contributed by atoms with Crippen molar-refractivity contribution in [3.8, 4) is 0 Å². The first-order valence-electron chi connectivity index (χ1n) is 6.12.